The predicted octanol–water partition coefficient (Wildman–Crippen LogP) is 3.97. The monoisotopic (exact) mass is 461 g/mol. The fourth-order valence-corrected chi connectivity index (χ4v) is 5.05. The quantitative estimate of drug-likeness (QED) is 0.334. The van der Waals surface area contributed by atoms with Gasteiger partial charge in [0, 0.05) is 37.5 Å². The Hall–Kier alpha value is -3.07. The van der Waals surface area contributed by atoms with Crippen molar-refractivity contribution in [1.82, 2.24) is 19.7 Å². The molecule has 1 aliphatic heterocycles. The van der Waals surface area contributed by atoms with Crippen LogP contribution < -0.4 is 5.56 Å². The lowest BCUT2D eigenvalue weighted by atomic mass is 10.1. The molecule has 0 atom stereocenters. The van der Waals surface area contributed by atoms with Crippen molar-refractivity contribution in [1.29, 1.82) is 0 Å². The Labute approximate surface area is 196 Å². The van der Waals surface area contributed by atoms with Crippen LogP contribution in [0.15, 0.2) is 64.4 Å². The number of hydrogen-bond acceptors (Lipinski definition) is 6. The molecule has 0 unspecified atom stereocenters. The van der Waals surface area contributed by atoms with E-state index in [-0.39, 0.29) is 5.56 Å². The summed E-state index contributed by atoms with van der Waals surface area (Å²) in [5, 5.41) is 3.95. The fraction of sp³-hybridized carbons (Fsp3) is 0.320. The Morgan fingerprint density at radius 2 is 1.88 bits per heavy atom. The van der Waals surface area contributed by atoms with Crippen LogP contribution in [0.1, 0.15) is 18.9 Å². The third-order valence-electron chi connectivity index (χ3n) is 5.87. The molecule has 0 bridgehead atoms. The maximum Gasteiger partial charge on any atom is 0.283 e. The number of rotatable bonds is 7. The number of aliphatic imine (C=N–C) groups is 1. The van der Waals surface area contributed by atoms with Gasteiger partial charge in [0.1, 0.15) is 0 Å². The van der Waals surface area contributed by atoms with Crippen molar-refractivity contribution >= 4 is 27.3 Å². The molecule has 2 aromatic heterocycles. The van der Waals surface area contributed by atoms with Gasteiger partial charge in [0.25, 0.3) is 5.56 Å². The van der Waals surface area contributed by atoms with Gasteiger partial charge in [-0.2, -0.15) is 4.68 Å². The van der Waals surface area contributed by atoms with E-state index >= 15 is 0 Å². The largest absolute Gasteiger partial charge is 0.379 e. The number of nitrogens with one attached hydrogen (secondary N) is 1. The van der Waals surface area contributed by atoms with Crippen molar-refractivity contribution in [2.24, 2.45) is 4.99 Å². The molecule has 1 fully saturated rings. The van der Waals surface area contributed by atoms with Gasteiger partial charge >= 0.3 is 0 Å². The Kier molecular flexibility index (Phi) is 6.48. The predicted molar refractivity (Wildman–Crippen MR) is 134 cm³/mol. The highest BCUT2D eigenvalue weighted by Crippen LogP contribution is 2.26. The molecule has 33 heavy (non-hydrogen) atoms. The summed E-state index contributed by atoms with van der Waals surface area (Å²) in [5.74, 6) is 0. The number of ether oxygens (including phenoxy) is 1. The van der Waals surface area contributed by atoms with Gasteiger partial charge in [0.15, 0.2) is 0 Å². The highest BCUT2D eigenvalue weighted by atomic mass is 32.1. The summed E-state index contributed by atoms with van der Waals surface area (Å²) < 4.78 is 8.01. The molecule has 0 spiro atoms. The van der Waals surface area contributed by atoms with Crippen LogP contribution in [0.5, 0.6) is 0 Å². The molecule has 7 nitrogen and oxygen atoms in total. The molecule has 5 rings (SSSR count). The molecule has 3 heterocycles. The smallest absolute Gasteiger partial charge is 0.283 e. The maximum absolute atomic E-state index is 13.6. The van der Waals surface area contributed by atoms with E-state index in [1.165, 1.54) is 11.3 Å². The van der Waals surface area contributed by atoms with Gasteiger partial charge in [0.05, 0.1) is 34.7 Å². The van der Waals surface area contributed by atoms with E-state index in [0.717, 1.165) is 66.5 Å². The Morgan fingerprint density at radius 3 is 2.67 bits per heavy atom. The van der Waals surface area contributed by atoms with Crippen LogP contribution in [-0.2, 0) is 4.74 Å². The van der Waals surface area contributed by atoms with E-state index < -0.39 is 0 Å². The average Bonchev–Trinajstić information content (AvgIpc) is 3.44. The van der Waals surface area contributed by atoms with Crippen LogP contribution in [0.3, 0.4) is 0 Å². The number of fused-ring (bicyclic) bond motifs is 1. The van der Waals surface area contributed by atoms with Crippen LogP contribution in [0.4, 0.5) is 0 Å². The van der Waals surface area contributed by atoms with Crippen molar-refractivity contribution in [2.45, 2.75) is 13.3 Å². The molecule has 0 aliphatic carbocycles. The highest BCUT2D eigenvalue weighted by molar-refractivity contribution is 7.20. The number of nitrogens with zero attached hydrogens (tertiary/aromatic N) is 4. The molecule has 1 N–H and O–H groups in total. The Balaban J connectivity index is 1.46. The minimum atomic E-state index is -0.123. The van der Waals surface area contributed by atoms with Crippen molar-refractivity contribution < 1.29 is 4.74 Å². The maximum atomic E-state index is 13.6. The van der Waals surface area contributed by atoms with E-state index in [4.69, 9.17) is 9.73 Å². The van der Waals surface area contributed by atoms with E-state index in [1.54, 1.807) is 4.68 Å². The molecular formula is C25H27N5O2S. The molecule has 0 saturated carbocycles. The molecule has 4 aromatic rings. The van der Waals surface area contributed by atoms with Crippen molar-refractivity contribution in [3.63, 3.8) is 0 Å². The first kappa shape index (κ1) is 21.8. The number of para-hydroxylation sites is 1. The van der Waals surface area contributed by atoms with E-state index in [0.29, 0.717) is 17.2 Å². The zero-order valence-corrected chi connectivity index (χ0v) is 19.5. The molecular weight excluding hydrogens is 434 g/mol. The second-order valence-corrected chi connectivity index (χ2v) is 9.12. The third-order valence-corrected chi connectivity index (χ3v) is 6.90. The second-order valence-electron chi connectivity index (χ2n) is 8.11. The van der Waals surface area contributed by atoms with Crippen LogP contribution in [0.2, 0.25) is 0 Å². The summed E-state index contributed by atoms with van der Waals surface area (Å²) in [7, 11) is 0. The first-order chi connectivity index (χ1) is 16.2. The highest BCUT2D eigenvalue weighted by Gasteiger charge is 2.21. The van der Waals surface area contributed by atoms with Crippen molar-refractivity contribution in [2.75, 3.05) is 39.4 Å². The fourth-order valence-electron chi connectivity index (χ4n) is 4.12. The van der Waals surface area contributed by atoms with E-state index in [2.05, 4.69) is 15.0 Å². The van der Waals surface area contributed by atoms with Crippen molar-refractivity contribution in [3.05, 3.63) is 70.5 Å². The average molecular weight is 462 g/mol. The van der Waals surface area contributed by atoms with E-state index in [1.807, 2.05) is 61.5 Å². The number of aromatic amines is 1. The zero-order chi connectivity index (χ0) is 22.6. The zero-order valence-electron chi connectivity index (χ0n) is 18.7. The number of H-pyrrole nitrogens is 1. The minimum absolute atomic E-state index is 0.123. The third kappa shape index (κ3) is 4.68. The summed E-state index contributed by atoms with van der Waals surface area (Å²) in [4.78, 5) is 25.4. The van der Waals surface area contributed by atoms with Gasteiger partial charge in [-0.25, -0.2) is 4.98 Å². The van der Waals surface area contributed by atoms with Crippen LogP contribution >= 0.6 is 11.3 Å². The molecule has 170 valence electrons. The number of thiazole rings is 1. The van der Waals surface area contributed by atoms with Gasteiger partial charge in [-0.3, -0.25) is 19.8 Å². The molecule has 2 aromatic carbocycles. The number of hydrogen-bond donors (Lipinski definition) is 1. The second kappa shape index (κ2) is 9.82. The lowest BCUT2D eigenvalue weighted by Crippen LogP contribution is -2.37. The SMILES string of the molecule is CC(=NCCCN1CCOCC1)c1c(-c2ccccc2)[nH]n(-c2nc3ccccc3s2)c1=O. The Bertz CT molecular complexity index is 1280. The summed E-state index contributed by atoms with van der Waals surface area (Å²) in [5.41, 5.74) is 3.84. The van der Waals surface area contributed by atoms with Gasteiger partial charge < -0.3 is 4.74 Å². The number of morpholine rings is 1. The Morgan fingerprint density at radius 1 is 1.12 bits per heavy atom. The minimum Gasteiger partial charge on any atom is -0.379 e. The first-order valence-corrected chi connectivity index (χ1v) is 12.1. The summed E-state index contributed by atoms with van der Waals surface area (Å²) in [6.45, 7) is 7.16. The van der Waals surface area contributed by atoms with Crippen LogP contribution in [0, 0.1) is 0 Å². The molecule has 0 amide bonds. The van der Waals surface area contributed by atoms with Gasteiger partial charge in [0.2, 0.25) is 5.13 Å². The first-order valence-electron chi connectivity index (χ1n) is 11.3. The standard InChI is InChI=1S/C25H27N5O2S/c1-18(26-12-7-13-29-14-16-32-17-15-29)22-23(19-8-3-2-4-9-19)28-30(24(22)31)25-27-20-10-5-6-11-21(20)33-25/h2-6,8-11,28H,7,12-17H2,1H3. The molecule has 8 heteroatoms. The van der Waals surface area contributed by atoms with Crippen molar-refractivity contribution in [3.8, 4) is 16.4 Å². The molecule has 1 saturated heterocycles. The van der Waals surface area contributed by atoms with Gasteiger partial charge in [-0.05, 0) is 25.5 Å². The van der Waals surface area contributed by atoms with Crippen LogP contribution in [-0.4, -0.2) is 64.8 Å². The lowest BCUT2D eigenvalue weighted by Gasteiger charge is -2.26. The van der Waals surface area contributed by atoms with Gasteiger partial charge in [-0.1, -0.05) is 53.8 Å². The molecule has 0 radical (unpaired) electrons. The summed E-state index contributed by atoms with van der Waals surface area (Å²) >= 11 is 1.50. The summed E-state index contributed by atoms with van der Waals surface area (Å²) in [6.07, 6.45) is 0.953. The van der Waals surface area contributed by atoms with E-state index in [9.17, 15) is 4.79 Å². The van der Waals surface area contributed by atoms with Crippen LogP contribution in [0.25, 0.3) is 26.6 Å². The van der Waals surface area contributed by atoms with Gasteiger partial charge in [-0.15, -0.1) is 0 Å². The number of aromatic nitrogens is 3. The topological polar surface area (TPSA) is 75.5 Å². The normalized spacial score (nSPS) is 15.4. The number of benzene rings is 2. The summed E-state index contributed by atoms with van der Waals surface area (Å²) in [6, 6.07) is 17.8. The lowest BCUT2D eigenvalue weighted by molar-refractivity contribution is 0.0377. The molecule has 1 aliphatic rings.